The van der Waals surface area contributed by atoms with E-state index in [4.69, 9.17) is 4.74 Å². The Morgan fingerprint density at radius 1 is 1.22 bits per heavy atom. The van der Waals surface area contributed by atoms with E-state index in [1.165, 1.54) is 12.8 Å². The van der Waals surface area contributed by atoms with Crippen molar-refractivity contribution in [2.75, 3.05) is 32.8 Å². The zero-order valence-corrected chi connectivity index (χ0v) is 15.9. The third-order valence-corrected chi connectivity index (χ3v) is 5.23. The minimum absolute atomic E-state index is 0. The number of likely N-dealkylation sites (tertiary alicyclic amines) is 1. The van der Waals surface area contributed by atoms with Gasteiger partial charge in [-0.2, -0.15) is 0 Å². The van der Waals surface area contributed by atoms with Gasteiger partial charge < -0.3 is 15.0 Å². The van der Waals surface area contributed by atoms with Gasteiger partial charge in [0.05, 0.1) is 6.10 Å². The Labute approximate surface area is 148 Å². The first-order valence-electron chi connectivity index (χ1n) is 9.16. The maximum Gasteiger partial charge on any atom is 0.222 e. The number of halogens is 1. The number of rotatable bonds is 7. The van der Waals surface area contributed by atoms with Crippen molar-refractivity contribution in [3.05, 3.63) is 0 Å². The van der Waals surface area contributed by atoms with E-state index in [2.05, 4.69) is 26.1 Å². The summed E-state index contributed by atoms with van der Waals surface area (Å²) >= 11 is 0. The van der Waals surface area contributed by atoms with Crippen molar-refractivity contribution in [1.82, 2.24) is 10.2 Å². The van der Waals surface area contributed by atoms with Crippen LogP contribution in [0, 0.1) is 17.8 Å². The molecule has 2 unspecified atom stereocenters. The Kier molecular flexibility index (Phi) is 9.48. The van der Waals surface area contributed by atoms with E-state index in [9.17, 15) is 4.79 Å². The third kappa shape index (κ3) is 6.98. The minimum atomic E-state index is 0. The molecule has 0 aliphatic carbocycles. The Morgan fingerprint density at radius 3 is 2.57 bits per heavy atom. The Morgan fingerprint density at radius 2 is 1.91 bits per heavy atom. The lowest BCUT2D eigenvalue weighted by atomic mass is 9.84. The van der Waals surface area contributed by atoms with Crippen LogP contribution in [0.25, 0.3) is 0 Å². The van der Waals surface area contributed by atoms with Gasteiger partial charge in [-0.25, -0.2) is 0 Å². The first-order valence-corrected chi connectivity index (χ1v) is 9.16. The van der Waals surface area contributed by atoms with Crippen LogP contribution in [0.15, 0.2) is 0 Å². The minimum Gasteiger partial charge on any atom is -0.376 e. The van der Waals surface area contributed by atoms with Gasteiger partial charge in [0.2, 0.25) is 5.91 Å². The van der Waals surface area contributed by atoms with Gasteiger partial charge in [0, 0.05) is 26.1 Å². The van der Waals surface area contributed by atoms with Crippen molar-refractivity contribution >= 4 is 18.3 Å². The Balaban J connectivity index is 0.00000264. The molecule has 2 atom stereocenters. The number of ether oxygens (including phenoxy) is 1. The highest BCUT2D eigenvalue weighted by atomic mass is 35.5. The molecule has 0 saturated carbocycles. The number of piperidine rings is 1. The zero-order chi connectivity index (χ0) is 15.9. The molecule has 23 heavy (non-hydrogen) atoms. The van der Waals surface area contributed by atoms with E-state index in [-0.39, 0.29) is 18.5 Å². The summed E-state index contributed by atoms with van der Waals surface area (Å²) in [5.41, 5.74) is 0. The topological polar surface area (TPSA) is 41.6 Å². The fourth-order valence-corrected chi connectivity index (χ4v) is 3.55. The lowest BCUT2D eigenvalue weighted by molar-refractivity contribution is -0.132. The molecule has 0 aromatic rings. The molecule has 2 saturated heterocycles. The molecule has 2 rings (SSSR count). The Hall–Kier alpha value is -0.320. The van der Waals surface area contributed by atoms with Crippen LogP contribution in [-0.2, 0) is 9.53 Å². The van der Waals surface area contributed by atoms with Crippen LogP contribution in [0.4, 0.5) is 0 Å². The maximum atomic E-state index is 12.5. The van der Waals surface area contributed by atoms with E-state index < -0.39 is 0 Å². The molecular weight excluding hydrogens is 312 g/mol. The summed E-state index contributed by atoms with van der Waals surface area (Å²) in [5, 5.41) is 3.40. The second kappa shape index (κ2) is 10.5. The quantitative estimate of drug-likeness (QED) is 0.770. The van der Waals surface area contributed by atoms with Crippen LogP contribution < -0.4 is 5.32 Å². The normalized spacial score (nSPS) is 23.8. The molecule has 4 nitrogen and oxygen atoms in total. The van der Waals surface area contributed by atoms with Gasteiger partial charge in [-0.05, 0) is 56.5 Å². The van der Waals surface area contributed by atoms with Gasteiger partial charge in [0.25, 0.3) is 0 Å². The van der Waals surface area contributed by atoms with Crippen LogP contribution in [0.2, 0.25) is 0 Å². The molecule has 0 radical (unpaired) electrons. The highest BCUT2D eigenvalue weighted by Gasteiger charge is 2.29. The van der Waals surface area contributed by atoms with Crippen LogP contribution in [0.1, 0.15) is 52.9 Å². The molecule has 0 bridgehead atoms. The molecular formula is C18H35ClN2O2. The number of carbonyl (C=O) groups is 1. The summed E-state index contributed by atoms with van der Waals surface area (Å²) in [4.78, 5) is 14.5. The number of carbonyl (C=O) groups excluding carboxylic acids is 1. The molecule has 0 aromatic heterocycles. The van der Waals surface area contributed by atoms with Crippen molar-refractivity contribution in [2.24, 2.45) is 17.8 Å². The molecule has 1 amide bonds. The van der Waals surface area contributed by atoms with Crippen molar-refractivity contribution in [1.29, 1.82) is 0 Å². The standard InChI is InChI=1S/C18H34N2O2.ClH/c1-14(2)7-11-22-17-6-10-20(13-17)18(21)12-15(3)16-4-8-19-9-5-16;/h14-17,19H,4-13H2,1-3H3;1H. The summed E-state index contributed by atoms with van der Waals surface area (Å²) < 4.78 is 5.91. The number of amides is 1. The van der Waals surface area contributed by atoms with Crippen molar-refractivity contribution in [3.8, 4) is 0 Å². The van der Waals surface area contributed by atoms with E-state index in [0.29, 0.717) is 30.1 Å². The molecule has 5 heteroatoms. The molecule has 0 aromatic carbocycles. The van der Waals surface area contributed by atoms with Gasteiger partial charge in [-0.3, -0.25) is 4.79 Å². The fraction of sp³-hybridized carbons (Fsp3) is 0.944. The Bertz CT molecular complexity index is 346. The monoisotopic (exact) mass is 346 g/mol. The third-order valence-electron chi connectivity index (χ3n) is 5.23. The summed E-state index contributed by atoms with van der Waals surface area (Å²) in [6.45, 7) is 11.4. The highest BCUT2D eigenvalue weighted by molar-refractivity contribution is 5.85. The van der Waals surface area contributed by atoms with Crippen LogP contribution in [-0.4, -0.2) is 49.7 Å². The van der Waals surface area contributed by atoms with E-state index in [1.54, 1.807) is 0 Å². The van der Waals surface area contributed by atoms with Crippen LogP contribution >= 0.6 is 12.4 Å². The molecule has 2 aliphatic heterocycles. The predicted molar refractivity (Wildman–Crippen MR) is 97.0 cm³/mol. The smallest absolute Gasteiger partial charge is 0.222 e. The lowest BCUT2D eigenvalue weighted by Crippen LogP contribution is -2.35. The molecule has 2 aliphatic rings. The van der Waals surface area contributed by atoms with Gasteiger partial charge >= 0.3 is 0 Å². The average Bonchev–Trinajstić information content (AvgIpc) is 2.96. The molecule has 2 fully saturated rings. The van der Waals surface area contributed by atoms with Crippen molar-refractivity contribution in [2.45, 2.75) is 59.0 Å². The second-order valence-corrected chi connectivity index (χ2v) is 7.57. The molecule has 136 valence electrons. The zero-order valence-electron chi connectivity index (χ0n) is 15.1. The maximum absolute atomic E-state index is 12.5. The van der Waals surface area contributed by atoms with E-state index in [1.807, 2.05) is 4.90 Å². The number of nitrogens with one attached hydrogen (secondary N) is 1. The summed E-state index contributed by atoms with van der Waals surface area (Å²) in [5.74, 6) is 2.24. The van der Waals surface area contributed by atoms with Gasteiger partial charge in [0.15, 0.2) is 0 Å². The molecule has 1 N–H and O–H groups in total. The number of hydrogen-bond donors (Lipinski definition) is 1. The highest BCUT2D eigenvalue weighted by Crippen LogP contribution is 2.26. The van der Waals surface area contributed by atoms with Crippen LogP contribution in [0.3, 0.4) is 0 Å². The number of nitrogens with zero attached hydrogens (tertiary/aromatic N) is 1. The molecule has 0 spiro atoms. The fourth-order valence-electron chi connectivity index (χ4n) is 3.55. The largest absolute Gasteiger partial charge is 0.376 e. The first-order chi connectivity index (χ1) is 10.6. The summed E-state index contributed by atoms with van der Waals surface area (Å²) in [7, 11) is 0. The number of hydrogen-bond acceptors (Lipinski definition) is 3. The second-order valence-electron chi connectivity index (χ2n) is 7.57. The van der Waals surface area contributed by atoms with Crippen molar-refractivity contribution < 1.29 is 9.53 Å². The van der Waals surface area contributed by atoms with E-state index in [0.717, 1.165) is 45.6 Å². The van der Waals surface area contributed by atoms with E-state index >= 15 is 0 Å². The van der Waals surface area contributed by atoms with Gasteiger partial charge in [-0.1, -0.05) is 20.8 Å². The lowest BCUT2D eigenvalue weighted by Gasteiger charge is -2.29. The van der Waals surface area contributed by atoms with Gasteiger partial charge in [0.1, 0.15) is 0 Å². The predicted octanol–water partition coefficient (Wildman–Crippen LogP) is 3.10. The van der Waals surface area contributed by atoms with Crippen molar-refractivity contribution in [3.63, 3.8) is 0 Å². The summed E-state index contributed by atoms with van der Waals surface area (Å²) in [6.07, 6.45) is 5.52. The summed E-state index contributed by atoms with van der Waals surface area (Å²) in [6, 6.07) is 0. The first kappa shape index (κ1) is 20.7. The molecule has 2 heterocycles. The SMILES string of the molecule is CC(C)CCOC1CCN(C(=O)CC(C)C2CCNCC2)C1.Cl. The van der Waals surface area contributed by atoms with Crippen LogP contribution in [0.5, 0.6) is 0 Å². The van der Waals surface area contributed by atoms with Gasteiger partial charge in [-0.15, -0.1) is 12.4 Å². The average molecular weight is 347 g/mol.